The molecule has 0 bridgehead atoms. The predicted molar refractivity (Wildman–Crippen MR) is 183 cm³/mol. The maximum absolute atomic E-state index is 14.3. The molecule has 254 valence electrons. The van der Waals surface area contributed by atoms with Crippen LogP contribution in [-0.2, 0) is 24.2 Å². The van der Waals surface area contributed by atoms with Gasteiger partial charge in [-0.15, -0.1) is 0 Å². The molecule has 1 aliphatic rings. The Bertz CT molecular complexity index is 1520. The van der Waals surface area contributed by atoms with E-state index in [1.165, 1.54) is 11.0 Å². The van der Waals surface area contributed by atoms with Crippen LogP contribution in [0.15, 0.2) is 72.8 Å². The van der Waals surface area contributed by atoms with Crippen molar-refractivity contribution < 1.29 is 32.3 Å². The summed E-state index contributed by atoms with van der Waals surface area (Å²) in [5.74, 6) is -2.83. The number of ether oxygens (including phenoxy) is 2. The van der Waals surface area contributed by atoms with Gasteiger partial charge in [-0.25, -0.2) is 13.6 Å². The van der Waals surface area contributed by atoms with Crippen LogP contribution in [0.5, 0.6) is 0 Å². The Morgan fingerprint density at radius 2 is 1.47 bits per heavy atom. The Morgan fingerprint density at radius 3 is 1.98 bits per heavy atom. The quantitative estimate of drug-likeness (QED) is 0.215. The lowest BCUT2D eigenvalue weighted by Crippen LogP contribution is -2.68. The fourth-order valence-electron chi connectivity index (χ4n) is 5.99. The first-order valence-corrected chi connectivity index (χ1v) is 18.0. The number of carbonyl (C=O) groups excluding carboxylic acids is 2. The van der Waals surface area contributed by atoms with E-state index < -0.39 is 60.3 Å². The summed E-state index contributed by atoms with van der Waals surface area (Å²) in [4.78, 5) is 28.7. The summed E-state index contributed by atoms with van der Waals surface area (Å²) >= 11 is 6.11. The summed E-state index contributed by atoms with van der Waals surface area (Å²) in [6.45, 7) is 15.1. The molecule has 4 rings (SSSR count). The number of hydrogen-bond donors (Lipinski definition) is 1. The highest BCUT2D eigenvalue weighted by atomic mass is 35.5. The van der Waals surface area contributed by atoms with Gasteiger partial charge in [-0.1, -0.05) is 99.1 Å². The van der Waals surface area contributed by atoms with Crippen molar-refractivity contribution in [2.75, 3.05) is 19.8 Å². The fourth-order valence-corrected chi connectivity index (χ4v) is 11.0. The molecule has 1 N–H and O–H groups in total. The zero-order chi connectivity index (χ0) is 34.8. The standard InChI is InChI=1S/C36H45ClF2N2O5Si/c1-34(2,3)46-33(43)41-21-29(32(42)40-36(7,8)27-19-20-28(38)31(39)30(27)37)44-22-24(41)23-45-47(35(4,5)6,25-15-11-9-12-16-25)26-17-13-10-14-18-26/h9-20,24,29H,21-23H2,1-8H3,(H,40,42)/t24-,29-/m0/s1. The van der Waals surface area contributed by atoms with Gasteiger partial charge in [0.15, 0.2) is 17.7 Å². The van der Waals surface area contributed by atoms with E-state index in [1.54, 1.807) is 34.6 Å². The zero-order valence-corrected chi connectivity index (χ0v) is 30.1. The third-order valence-electron chi connectivity index (χ3n) is 8.27. The molecule has 7 nitrogen and oxygen atoms in total. The SMILES string of the molecule is CC(C)(C)OC(=O)N1C[C@@H](C(=O)NC(C)(C)c2ccc(F)c(F)c2Cl)OC[C@H]1CO[Si](c1ccccc1)(c1ccccc1)C(C)(C)C. The molecule has 1 fully saturated rings. The van der Waals surface area contributed by atoms with Crippen molar-refractivity contribution in [2.45, 2.75) is 83.7 Å². The molecular formula is C36H45ClF2N2O5Si. The highest BCUT2D eigenvalue weighted by Gasteiger charge is 2.51. The van der Waals surface area contributed by atoms with E-state index in [1.807, 2.05) is 36.4 Å². The molecule has 0 unspecified atom stereocenters. The van der Waals surface area contributed by atoms with Crippen LogP contribution in [0, 0.1) is 11.6 Å². The minimum Gasteiger partial charge on any atom is -0.444 e. The smallest absolute Gasteiger partial charge is 0.410 e. The minimum absolute atomic E-state index is 0.00188. The van der Waals surface area contributed by atoms with Gasteiger partial charge in [0.2, 0.25) is 0 Å². The molecule has 0 spiro atoms. The monoisotopic (exact) mass is 686 g/mol. The van der Waals surface area contributed by atoms with Gasteiger partial charge in [0.25, 0.3) is 14.2 Å². The number of amides is 2. The molecule has 0 radical (unpaired) electrons. The van der Waals surface area contributed by atoms with Gasteiger partial charge in [0.05, 0.1) is 36.4 Å². The number of benzene rings is 3. The lowest BCUT2D eigenvalue weighted by molar-refractivity contribution is -0.144. The van der Waals surface area contributed by atoms with Crippen LogP contribution in [0.1, 0.15) is 61.0 Å². The lowest BCUT2D eigenvalue weighted by Gasteiger charge is -2.46. The van der Waals surface area contributed by atoms with E-state index >= 15 is 0 Å². The normalized spacial score (nSPS) is 17.7. The highest BCUT2D eigenvalue weighted by Crippen LogP contribution is 2.37. The Balaban J connectivity index is 1.63. The number of nitrogens with zero attached hydrogens (tertiary/aromatic N) is 1. The zero-order valence-electron chi connectivity index (χ0n) is 28.3. The average Bonchev–Trinajstić information content (AvgIpc) is 2.99. The molecule has 11 heteroatoms. The summed E-state index contributed by atoms with van der Waals surface area (Å²) < 4.78 is 47.0. The number of rotatable bonds is 8. The number of hydrogen-bond acceptors (Lipinski definition) is 5. The molecule has 1 heterocycles. The van der Waals surface area contributed by atoms with Crippen LogP contribution in [0.4, 0.5) is 13.6 Å². The average molecular weight is 687 g/mol. The third-order valence-corrected chi connectivity index (χ3v) is 13.6. The van der Waals surface area contributed by atoms with E-state index in [4.69, 9.17) is 25.5 Å². The largest absolute Gasteiger partial charge is 0.444 e. The molecule has 3 aromatic rings. The molecular weight excluding hydrogens is 642 g/mol. The second-order valence-electron chi connectivity index (χ2n) is 14.4. The van der Waals surface area contributed by atoms with Crippen molar-refractivity contribution >= 4 is 42.3 Å². The second-order valence-corrected chi connectivity index (χ2v) is 19.1. The highest BCUT2D eigenvalue weighted by molar-refractivity contribution is 6.99. The van der Waals surface area contributed by atoms with Crippen molar-refractivity contribution in [1.29, 1.82) is 0 Å². The maximum atomic E-state index is 14.3. The first-order valence-electron chi connectivity index (χ1n) is 15.7. The Kier molecular flexibility index (Phi) is 10.9. The summed E-state index contributed by atoms with van der Waals surface area (Å²) in [6.07, 6.45) is -1.67. The van der Waals surface area contributed by atoms with Crippen molar-refractivity contribution in [3.8, 4) is 0 Å². The molecule has 0 saturated carbocycles. The molecule has 0 aromatic heterocycles. The van der Waals surface area contributed by atoms with Crippen molar-refractivity contribution in [3.05, 3.63) is 95.0 Å². The molecule has 47 heavy (non-hydrogen) atoms. The fraction of sp³-hybridized carbons (Fsp3) is 0.444. The van der Waals surface area contributed by atoms with Crippen LogP contribution in [0.2, 0.25) is 10.1 Å². The predicted octanol–water partition coefficient (Wildman–Crippen LogP) is 6.55. The van der Waals surface area contributed by atoms with E-state index in [0.717, 1.165) is 16.4 Å². The Morgan fingerprint density at radius 1 is 0.915 bits per heavy atom. The summed E-state index contributed by atoms with van der Waals surface area (Å²) in [5, 5.41) is 4.30. The van der Waals surface area contributed by atoms with Crippen LogP contribution >= 0.6 is 11.6 Å². The van der Waals surface area contributed by atoms with E-state index in [-0.39, 0.29) is 30.4 Å². The van der Waals surface area contributed by atoms with Crippen LogP contribution < -0.4 is 15.7 Å². The lowest BCUT2D eigenvalue weighted by atomic mass is 9.93. The van der Waals surface area contributed by atoms with E-state index in [0.29, 0.717) is 0 Å². The first kappa shape index (κ1) is 36.5. The molecule has 0 aliphatic carbocycles. The van der Waals surface area contributed by atoms with Crippen LogP contribution in [0.25, 0.3) is 0 Å². The van der Waals surface area contributed by atoms with Crippen molar-refractivity contribution in [1.82, 2.24) is 10.2 Å². The van der Waals surface area contributed by atoms with Gasteiger partial charge in [-0.3, -0.25) is 9.69 Å². The van der Waals surface area contributed by atoms with Crippen LogP contribution in [-0.4, -0.2) is 62.7 Å². The van der Waals surface area contributed by atoms with Crippen molar-refractivity contribution in [3.63, 3.8) is 0 Å². The molecule has 1 saturated heterocycles. The molecule has 1 aliphatic heterocycles. The second kappa shape index (κ2) is 14.0. The molecule has 2 atom stereocenters. The number of nitrogens with one attached hydrogen (secondary N) is 1. The number of carbonyl (C=O) groups is 2. The Hall–Kier alpha value is -3.31. The van der Waals surface area contributed by atoms with Gasteiger partial charge in [0, 0.05) is 0 Å². The van der Waals surface area contributed by atoms with Gasteiger partial charge >= 0.3 is 6.09 Å². The first-order chi connectivity index (χ1) is 21.9. The summed E-state index contributed by atoms with van der Waals surface area (Å²) in [6, 6.07) is 22.1. The minimum atomic E-state index is -2.95. The summed E-state index contributed by atoms with van der Waals surface area (Å²) in [5.41, 5.74) is -1.78. The molecule has 3 aromatic carbocycles. The van der Waals surface area contributed by atoms with E-state index in [2.05, 4.69) is 50.4 Å². The van der Waals surface area contributed by atoms with Gasteiger partial charge in [-0.05, 0) is 61.7 Å². The topological polar surface area (TPSA) is 77.1 Å². The number of halogens is 3. The van der Waals surface area contributed by atoms with Gasteiger partial charge in [-0.2, -0.15) is 0 Å². The van der Waals surface area contributed by atoms with Gasteiger partial charge in [0.1, 0.15) is 5.60 Å². The maximum Gasteiger partial charge on any atom is 0.410 e. The van der Waals surface area contributed by atoms with Crippen molar-refractivity contribution in [2.24, 2.45) is 0 Å². The van der Waals surface area contributed by atoms with Gasteiger partial charge < -0.3 is 19.2 Å². The summed E-state index contributed by atoms with van der Waals surface area (Å²) in [7, 11) is -2.95. The third kappa shape index (κ3) is 8.05. The van der Waals surface area contributed by atoms with Crippen LogP contribution in [0.3, 0.4) is 0 Å². The Labute approximate surface area is 282 Å². The van der Waals surface area contributed by atoms with E-state index in [9.17, 15) is 18.4 Å². The number of morpholine rings is 1. The molecule has 2 amide bonds.